The first-order chi connectivity index (χ1) is 14.0. The summed E-state index contributed by atoms with van der Waals surface area (Å²) in [4.78, 5) is 14.7. The zero-order valence-electron chi connectivity index (χ0n) is 16.1. The summed E-state index contributed by atoms with van der Waals surface area (Å²) in [6, 6.07) is 7.95. The maximum Gasteiger partial charge on any atom is 0.291 e. The Morgan fingerprint density at radius 1 is 1.24 bits per heavy atom. The predicted octanol–water partition coefficient (Wildman–Crippen LogP) is -0.691. The highest BCUT2D eigenvalue weighted by atomic mass is 16.7. The molecule has 1 aliphatic rings. The third-order valence-electron chi connectivity index (χ3n) is 5.15. The molecule has 0 bridgehead atoms. The van der Waals surface area contributed by atoms with E-state index in [1.807, 2.05) is 31.2 Å². The van der Waals surface area contributed by atoms with Crippen LogP contribution in [0.1, 0.15) is 17.4 Å². The predicted molar refractivity (Wildman–Crippen MR) is 102 cm³/mol. The molecule has 1 saturated heterocycles. The minimum Gasteiger partial charge on any atom is -0.394 e. The van der Waals surface area contributed by atoms with Gasteiger partial charge in [-0.15, -0.1) is 0 Å². The van der Waals surface area contributed by atoms with Crippen LogP contribution in [0, 0.1) is 6.92 Å². The van der Waals surface area contributed by atoms with Gasteiger partial charge in [-0.1, -0.05) is 34.0 Å². The molecule has 3 aromatic rings. The second kappa shape index (κ2) is 7.91. The molecule has 1 fully saturated rings. The van der Waals surface area contributed by atoms with Gasteiger partial charge in [0.1, 0.15) is 24.6 Å². The number of aliphatic hydroxyl groups is 3. The van der Waals surface area contributed by atoms with Gasteiger partial charge in [-0.2, -0.15) is 0 Å². The van der Waals surface area contributed by atoms with Crippen molar-refractivity contribution in [3.8, 4) is 0 Å². The lowest BCUT2D eigenvalue weighted by molar-refractivity contribution is -0.885. The summed E-state index contributed by atoms with van der Waals surface area (Å²) in [6.07, 6.45) is -1.21. The van der Waals surface area contributed by atoms with Crippen molar-refractivity contribution >= 4 is 17.0 Å². The van der Waals surface area contributed by atoms with Crippen LogP contribution in [0.3, 0.4) is 0 Å². The summed E-state index contributed by atoms with van der Waals surface area (Å²) >= 11 is 0. The zero-order chi connectivity index (χ0) is 20.5. The first-order valence-corrected chi connectivity index (χ1v) is 9.30. The van der Waals surface area contributed by atoms with Gasteiger partial charge in [0.2, 0.25) is 11.2 Å². The Morgan fingerprint density at radius 3 is 2.72 bits per heavy atom. The van der Waals surface area contributed by atoms with Crippen LogP contribution in [0.4, 0.5) is 5.82 Å². The number of ether oxygens (including phenoxy) is 1. The summed E-state index contributed by atoms with van der Waals surface area (Å²) in [5.74, 6) is 0.578. The van der Waals surface area contributed by atoms with Crippen molar-refractivity contribution in [2.75, 3.05) is 19.0 Å². The number of benzene rings is 1. The van der Waals surface area contributed by atoms with Gasteiger partial charge in [0, 0.05) is 0 Å². The standard InChI is InChI=1S/C19H23N5O5/c1-11-5-3-4-6-12(11)8-28-24-10-22-18-14(17(24)20-2)21-9-23(18)19-16(27)15(26)13(7-25)29-19/h3-6,9-10,13,15-16,19,25-27H,7-8H2,1-2H3/p+1/t13-,15-,16-,19-/m1/s1. The molecular formula is C19H24N5O5+. The van der Waals surface area contributed by atoms with E-state index in [0.717, 1.165) is 11.1 Å². The number of aryl methyl sites for hydroxylation is 1. The summed E-state index contributed by atoms with van der Waals surface area (Å²) < 4.78 is 8.62. The van der Waals surface area contributed by atoms with Crippen molar-refractivity contribution in [2.45, 2.75) is 38.1 Å². The number of rotatable bonds is 6. The Bertz CT molecular complexity index is 1010. The highest BCUT2D eigenvalue weighted by Crippen LogP contribution is 2.31. The first kappa shape index (κ1) is 19.5. The van der Waals surface area contributed by atoms with Gasteiger partial charge >= 0.3 is 0 Å². The fraction of sp³-hybridized carbons (Fsp3) is 0.421. The highest BCUT2D eigenvalue weighted by Gasteiger charge is 2.44. The fourth-order valence-corrected chi connectivity index (χ4v) is 3.45. The summed E-state index contributed by atoms with van der Waals surface area (Å²) in [5.41, 5.74) is 3.14. The Kier molecular flexibility index (Phi) is 5.33. The molecule has 0 spiro atoms. The van der Waals surface area contributed by atoms with Crippen LogP contribution < -0.4 is 14.9 Å². The van der Waals surface area contributed by atoms with Gasteiger partial charge in [0.25, 0.3) is 12.1 Å². The van der Waals surface area contributed by atoms with E-state index in [1.165, 1.54) is 22.0 Å². The molecule has 0 saturated carbocycles. The number of anilines is 1. The minimum atomic E-state index is -1.21. The number of aliphatic hydroxyl groups excluding tert-OH is 3. The van der Waals surface area contributed by atoms with Crippen molar-refractivity contribution in [2.24, 2.45) is 0 Å². The van der Waals surface area contributed by atoms with E-state index in [9.17, 15) is 15.3 Å². The molecule has 0 radical (unpaired) electrons. The molecule has 1 aromatic carbocycles. The average Bonchev–Trinajstić information content (AvgIpc) is 3.28. The van der Waals surface area contributed by atoms with Crippen LogP contribution in [-0.4, -0.2) is 61.8 Å². The van der Waals surface area contributed by atoms with Crippen LogP contribution in [0.15, 0.2) is 36.9 Å². The number of fused-ring (bicyclic) bond motifs is 1. The van der Waals surface area contributed by atoms with Crippen LogP contribution in [0.2, 0.25) is 0 Å². The number of imidazole rings is 1. The number of aromatic nitrogens is 4. The molecular weight excluding hydrogens is 378 g/mol. The lowest BCUT2D eigenvalue weighted by Gasteiger charge is -2.15. The van der Waals surface area contributed by atoms with Crippen LogP contribution in [-0.2, 0) is 11.3 Å². The van der Waals surface area contributed by atoms with Gasteiger partial charge in [0.05, 0.1) is 13.7 Å². The van der Waals surface area contributed by atoms with Crippen molar-refractivity contribution in [1.82, 2.24) is 14.5 Å². The Labute approximate surface area is 166 Å². The van der Waals surface area contributed by atoms with Gasteiger partial charge in [-0.3, -0.25) is 4.57 Å². The van der Waals surface area contributed by atoms with Crippen molar-refractivity contribution in [3.05, 3.63) is 48.0 Å². The van der Waals surface area contributed by atoms with E-state index in [-0.39, 0.29) is 0 Å². The molecule has 1 aliphatic heterocycles. The number of hydrogen-bond donors (Lipinski definition) is 4. The summed E-state index contributed by atoms with van der Waals surface area (Å²) in [6.45, 7) is 1.98. The molecule has 154 valence electrons. The minimum absolute atomic E-state index is 0.356. The summed E-state index contributed by atoms with van der Waals surface area (Å²) in [5, 5.41) is 32.7. The molecule has 10 nitrogen and oxygen atoms in total. The fourth-order valence-electron chi connectivity index (χ4n) is 3.45. The molecule has 4 rings (SSSR count). The molecule has 10 heteroatoms. The van der Waals surface area contributed by atoms with Gasteiger partial charge in [-0.05, 0) is 18.1 Å². The number of nitrogens with zero attached hydrogens (tertiary/aromatic N) is 4. The first-order valence-electron chi connectivity index (χ1n) is 9.30. The molecule has 2 aromatic heterocycles. The molecule has 29 heavy (non-hydrogen) atoms. The van der Waals surface area contributed by atoms with Crippen LogP contribution >= 0.6 is 0 Å². The molecule has 4 N–H and O–H groups in total. The lowest BCUT2D eigenvalue weighted by Crippen LogP contribution is -2.45. The molecule has 0 aliphatic carbocycles. The molecule has 0 amide bonds. The second-order valence-electron chi connectivity index (χ2n) is 6.92. The van der Waals surface area contributed by atoms with E-state index in [0.29, 0.717) is 23.6 Å². The van der Waals surface area contributed by atoms with E-state index in [2.05, 4.69) is 15.3 Å². The normalized spacial score (nSPS) is 24.2. The smallest absolute Gasteiger partial charge is 0.291 e. The third kappa shape index (κ3) is 3.40. The highest BCUT2D eigenvalue weighted by molar-refractivity contribution is 5.80. The van der Waals surface area contributed by atoms with Gasteiger partial charge in [-0.25, -0.2) is 4.98 Å². The van der Waals surface area contributed by atoms with E-state index >= 15 is 0 Å². The molecule has 3 heterocycles. The topological polar surface area (TPSA) is 126 Å². The Morgan fingerprint density at radius 2 is 2.03 bits per heavy atom. The van der Waals surface area contributed by atoms with Crippen molar-refractivity contribution < 1.29 is 29.6 Å². The monoisotopic (exact) mass is 402 g/mol. The SMILES string of the molecule is CNc1c2ncn([C@@H]3O[C@H](CO)[C@@H](O)[C@H]3O)c2nc[n+]1OCc1ccccc1C. The molecule has 0 unspecified atom stereocenters. The van der Waals surface area contributed by atoms with Crippen LogP contribution in [0.5, 0.6) is 0 Å². The van der Waals surface area contributed by atoms with Gasteiger partial charge in [0.15, 0.2) is 12.8 Å². The lowest BCUT2D eigenvalue weighted by atomic mass is 10.1. The number of hydrogen-bond acceptors (Lipinski definition) is 8. The maximum absolute atomic E-state index is 10.3. The largest absolute Gasteiger partial charge is 0.394 e. The average molecular weight is 402 g/mol. The Hall–Kier alpha value is -2.79. The number of nitrogens with one attached hydrogen (secondary N) is 1. The van der Waals surface area contributed by atoms with Crippen molar-refractivity contribution in [1.29, 1.82) is 0 Å². The van der Waals surface area contributed by atoms with E-state index < -0.39 is 31.1 Å². The third-order valence-corrected chi connectivity index (χ3v) is 5.15. The summed E-state index contributed by atoms with van der Waals surface area (Å²) in [7, 11) is 1.74. The van der Waals surface area contributed by atoms with Crippen molar-refractivity contribution in [3.63, 3.8) is 0 Å². The van der Waals surface area contributed by atoms with Crippen LogP contribution in [0.25, 0.3) is 11.2 Å². The maximum atomic E-state index is 10.3. The van der Waals surface area contributed by atoms with Gasteiger partial charge < -0.3 is 30.2 Å². The molecule has 4 atom stereocenters. The quantitative estimate of drug-likeness (QED) is 0.399. The Balaban J connectivity index is 1.64. The second-order valence-corrected chi connectivity index (χ2v) is 6.92. The zero-order valence-corrected chi connectivity index (χ0v) is 16.1. The van der Waals surface area contributed by atoms with E-state index in [1.54, 1.807) is 7.05 Å². The van der Waals surface area contributed by atoms with E-state index in [4.69, 9.17) is 9.57 Å².